The fourth-order valence-electron chi connectivity index (χ4n) is 2.00. The molecule has 0 spiro atoms. The van der Waals surface area contributed by atoms with Gasteiger partial charge in [-0.25, -0.2) is 9.97 Å². The number of fused-ring (bicyclic) bond motifs is 1. The number of halogens is 1. The summed E-state index contributed by atoms with van der Waals surface area (Å²) >= 11 is 3.41. The van der Waals surface area contributed by atoms with E-state index in [1.807, 2.05) is 28.9 Å². The van der Waals surface area contributed by atoms with E-state index < -0.39 is 0 Å². The Morgan fingerprint density at radius 2 is 2.11 bits per heavy atom. The molecule has 0 aliphatic carbocycles. The molecule has 1 aromatic carbocycles. The highest BCUT2D eigenvalue weighted by atomic mass is 79.9. The van der Waals surface area contributed by atoms with Crippen LogP contribution in [0.3, 0.4) is 0 Å². The Hall–Kier alpha value is -1.88. The van der Waals surface area contributed by atoms with E-state index >= 15 is 0 Å². The van der Waals surface area contributed by atoms with E-state index in [0.29, 0.717) is 0 Å². The molecule has 0 saturated carbocycles. The summed E-state index contributed by atoms with van der Waals surface area (Å²) in [5.74, 6) is 0.744. The third-order valence-corrected chi connectivity index (χ3v) is 3.58. The number of hydrogen-bond donors (Lipinski definition) is 1. The van der Waals surface area contributed by atoms with Gasteiger partial charge in [0.25, 0.3) is 0 Å². The molecule has 2 aromatic heterocycles. The average molecular weight is 317 g/mol. The van der Waals surface area contributed by atoms with Crippen LogP contribution in [0.1, 0.15) is 11.1 Å². The smallest absolute Gasteiger partial charge is 0.180 e. The van der Waals surface area contributed by atoms with Crippen LogP contribution in [-0.2, 0) is 0 Å². The lowest BCUT2D eigenvalue weighted by Gasteiger charge is -2.11. The zero-order chi connectivity index (χ0) is 13.4. The molecule has 0 unspecified atom stereocenters. The molecule has 3 aromatic rings. The molecule has 0 amide bonds. The van der Waals surface area contributed by atoms with Crippen LogP contribution in [0.2, 0.25) is 0 Å². The molecular formula is C14H13BrN4. The summed E-state index contributed by atoms with van der Waals surface area (Å²) in [5, 5.41) is 3.36. The standard InChI is InChI=1S/C14H13BrN4/c1-9-4-3-5-11(10(9)2)17-13-14-16-6-7-19(14)8-12(15)18-13/h3-8H,1-2H3,(H,17,18). The van der Waals surface area contributed by atoms with Crippen LogP contribution in [-0.4, -0.2) is 14.4 Å². The minimum Gasteiger partial charge on any atom is -0.337 e. The molecule has 0 aliphatic heterocycles. The fourth-order valence-corrected chi connectivity index (χ4v) is 2.40. The van der Waals surface area contributed by atoms with E-state index in [1.165, 1.54) is 11.1 Å². The number of aromatic nitrogens is 3. The second-order valence-electron chi connectivity index (χ2n) is 4.44. The molecule has 0 fully saturated rings. The summed E-state index contributed by atoms with van der Waals surface area (Å²) in [5.41, 5.74) is 4.33. The number of hydrogen-bond acceptors (Lipinski definition) is 3. The highest BCUT2D eigenvalue weighted by Gasteiger charge is 2.08. The van der Waals surface area contributed by atoms with Crippen molar-refractivity contribution < 1.29 is 0 Å². The van der Waals surface area contributed by atoms with Crippen molar-refractivity contribution in [1.29, 1.82) is 0 Å². The minimum atomic E-state index is 0.744. The summed E-state index contributed by atoms with van der Waals surface area (Å²) in [6, 6.07) is 6.18. The monoisotopic (exact) mass is 316 g/mol. The number of benzene rings is 1. The number of rotatable bonds is 2. The van der Waals surface area contributed by atoms with Crippen LogP contribution in [0, 0.1) is 13.8 Å². The summed E-state index contributed by atoms with van der Waals surface area (Å²) in [6.07, 6.45) is 5.55. The molecule has 3 rings (SSSR count). The lowest BCUT2D eigenvalue weighted by molar-refractivity contribution is 1.10. The van der Waals surface area contributed by atoms with Crippen molar-refractivity contribution in [2.75, 3.05) is 5.32 Å². The Morgan fingerprint density at radius 3 is 2.95 bits per heavy atom. The van der Waals surface area contributed by atoms with Gasteiger partial charge in [0.1, 0.15) is 4.60 Å². The van der Waals surface area contributed by atoms with Gasteiger partial charge in [0, 0.05) is 24.3 Å². The molecule has 0 bridgehead atoms. The van der Waals surface area contributed by atoms with Crippen molar-refractivity contribution >= 4 is 33.1 Å². The van der Waals surface area contributed by atoms with Crippen molar-refractivity contribution in [1.82, 2.24) is 14.4 Å². The first-order valence-electron chi connectivity index (χ1n) is 5.97. The third-order valence-electron chi connectivity index (χ3n) is 3.20. The van der Waals surface area contributed by atoms with Crippen molar-refractivity contribution in [2.45, 2.75) is 13.8 Å². The molecule has 19 heavy (non-hydrogen) atoms. The fraction of sp³-hybridized carbons (Fsp3) is 0.143. The van der Waals surface area contributed by atoms with E-state index in [2.05, 4.69) is 51.1 Å². The van der Waals surface area contributed by atoms with Gasteiger partial charge in [-0.05, 0) is 47.0 Å². The minimum absolute atomic E-state index is 0.744. The third kappa shape index (κ3) is 2.21. The Labute approximate surface area is 119 Å². The van der Waals surface area contributed by atoms with Crippen molar-refractivity contribution in [3.63, 3.8) is 0 Å². The van der Waals surface area contributed by atoms with Crippen molar-refractivity contribution in [2.24, 2.45) is 0 Å². The molecule has 96 valence electrons. The molecule has 0 saturated heterocycles. The molecule has 0 atom stereocenters. The number of nitrogens with zero attached hydrogens (tertiary/aromatic N) is 3. The van der Waals surface area contributed by atoms with Gasteiger partial charge in [-0.3, -0.25) is 0 Å². The molecular weight excluding hydrogens is 304 g/mol. The Morgan fingerprint density at radius 1 is 1.26 bits per heavy atom. The Kier molecular flexibility index (Phi) is 2.98. The van der Waals surface area contributed by atoms with Crippen LogP contribution >= 0.6 is 15.9 Å². The predicted molar refractivity (Wildman–Crippen MR) is 79.9 cm³/mol. The largest absolute Gasteiger partial charge is 0.337 e. The molecule has 4 nitrogen and oxygen atoms in total. The lowest BCUT2D eigenvalue weighted by atomic mass is 10.1. The summed E-state index contributed by atoms with van der Waals surface area (Å²) in [4.78, 5) is 8.79. The summed E-state index contributed by atoms with van der Waals surface area (Å²) in [6.45, 7) is 4.19. The van der Waals surface area contributed by atoms with E-state index in [0.717, 1.165) is 21.8 Å². The highest BCUT2D eigenvalue weighted by Crippen LogP contribution is 2.25. The van der Waals surface area contributed by atoms with Gasteiger partial charge in [-0.1, -0.05) is 12.1 Å². The van der Waals surface area contributed by atoms with Gasteiger partial charge in [0.15, 0.2) is 11.5 Å². The molecule has 1 N–H and O–H groups in total. The second-order valence-corrected chi connectivity index (χ2v) is 5.26. The molecule has 0 radical (unpaired) electrons. The Balaban J connectivity index is 2.10. The Bertz CT molecular complexity index is 748. The number of nitrogens with one attached hydrogen (secondary N) is 1. The SMILES string of the molecule is Cc1cccc(Nc2nc(Br)cn3ccnc23)c1C. The highest BCUT2D eigenvalue weighted by molar-refractivity contribution is 9.10. The van der Waals surface area contributed by atoms with Gasteiger partial charge in [0.05, 0.1) is 0 Å². The zero-order valence-electron chi connectivity index (χ0n) is 10.7. The van der Waals surface area contributed by atoms with Gasteiger partial charge in [-0.2, -0.15) is 0 Å². The van der Waals surface area contributed by atoms with E-state index in [4.69, 9.17) is 0 Å². The zero-order valence-corrected chi connectivity index (χ0v) is 12.3. The van der Waals surface area contributed by atoms with Crippen LogP contribution in [0.4, 0.5) is 11.5 Å². The van der Waals surface area contributed by atoms with Gasteiger partial charge < -0.3 is 9.72 Å². The van der Waals surface area contributed by atoms with Crippen molar-refractivity contribution in [3.05, 3.63) is 52.5 Å². The topological polar surface area (TPSA) is 42.2 Å². The summed E-state index contributed by atoms with van der Waals surface area (Å²) < 4.78 is 2.70. The first kappa shape index (κ1) is 12.2. The number of aryl methyl sites for hydroxylation is 1. The normalized spacial score (nSPS) is 10.9. The molecule has 0 aliphatic rings. The second kappa shape index (κ2) is 4.66. The van der Waals surface area contributed by atoms with E-state index in [1.54, 1.807) is 6.20 Å². The van der Waals surface area contributed by atoms with E-state index in [-0.39, 0.29) is 0 Å². The van der Waals surface area contributed by atoms with Gasteiger partial charge in [0.2, 0.25) is 0 Å². The maximum atomic E-state index is 4.46. The molecule has 2 heterocycles. The lowest BCUT2D eigenvalue weighted by Crippen LogP contribution is -2.00. The van der Waals surface area contributed by atoms with Crippen molar-refractivity contribution in [3.8, 4) is 0 Å². The molecule has 5 heteroatoms. The van der Waals surface area contributed by atoms with E-state index in [9.17, 15) is 0 Å². The van der Waals surface area contributed by atoms with Crippen LogP contribution in [0.25, 0.3) is 5.65 Å². The average Bonchev–Trinajstić information content (AvgIpc) is 2.83. The number of imidazole rings is 1. The summed E-state index contributed by atoms with van der Waals surface area (Å²) in [7, 11) is 0. The van der Waals surface area contributed by atoms with Gasteiger partial charge >= 0.3 is 0 Å². The quantitative estimate of drug-likeness (QED) is 0.780. The van der Waals surface area contributed by atoms with Gasteiger partial charge in [-0.15, -0.1) is 0 Å². The number of anilines is 2. The maximum Gasteiger partial charge on any atom is 0.180 e. The van der Waals surface area contributed by atoms with Crippen LogP contribution in [0.15, 0.2) is 41.4 Å². The predicted octanol–water partition coefficient (Wildman–Crippen LogP) is 3.85. The first-order chi connectivity index (χ1) is 9.15. The maximum absolute atomic E-state index is 4.46. The van der Waals surface area contributed by atoms with Crippen LogP contribution in [0.5, 0.6) is 0 Å². The first-order valence-corrected chi connectivity index (χ1v) is 6.77. The van der Waals surface area contributed by atoms with Crippen LogP contribution < -0.4 is 5.32 Å².